The lowest BCUT2D eigenvalue weighted by Gasteiger charge is -2.15. The van der Waals surface area contributed by atoms with Gasteiger partial charge in [-0.1, -0.05) is 12.1 Å². The second-order valence-corrected chi connectivity index (χ2v) is 3.59. The first kappa shape index (κ1) is 13.4. The van der Waals surface area contributed by atoms with E-state index in [9.17, 15) is 4.79 Å². The van der Waals surface area contributed by atoms with E-state index in [4.69, 9.17) is 14.2 Å². The number of ether oxygens (including phenoxy) is 3. The van der Waals surface area contributed by atoms with E-state index < -0.39 is 0 Å². The Labute approximate surface area is 101 Å². The average Bonchev–Trinajstić information content (AvgIpc) is 2.29. The topological polar surface area (TPSA) is 44.8 Å². The molecule has 1 aromatic rings. The Morgan fingerprint density at radius 2 is 1.94 bits per heavy atom. The molecule has 0 saturated carbocycles. The third-order valence-corrected chi connectivity index (χ3v) is 2.16. The molecule has 0 bridgehead atoms. The first-order valence-corrected chi connectivity index (χ1v) is 5.62. The lowest BCUT2D eigenvalue weighted by molar-refractivity contribution is -0.144. The number of rotatable bonds is 6. The summed E-state index contributed by atoms with van der Waals surface area (Å²) in [5.74, 6) is 1.03. The molecule has 4 heteroatoms. The predicted octanol–water partition coefficient (Wildman–Crippen LogP) is 2.42. The van der Waals surface area contributed by atoms with Crippen molar-refractivity contribution in [2.75, 3.05) is 13.7 Å². The monoisotopic (exact) mass is 238 g/mol. The zero-order chi connectivity index (χ0) is 12.7. The number of para-hydroxylation sites is 2. The molecular weight excluding hydrogens is 220 g/mol. The van der Waals surface area contributed by atoms with Crippen LogP contribution < -0.4 is 9.47 Å². The van der Waals surface area contributed by atoms with Crippen LogP contribution in [0.4, 0.5) is 0 Å². The van der Waals surface area contributed by atoms with Crippen LogP contribution >= 0.6 is 0 Å². The average molecular weight is 238 g/mol. The maximum Gasteiger partial charge on any atom is 0.309 e. The van der Waals surface area contributed by atoms with E-state index in [2.05, 4.69) is 0 Å². The van der Waals surface area contributed by atoms with Gasteiger partial charge in [0.15, 0.2) is 11.5 Å². The molecule has 0 heterocycles. The van der Waals surface area contributed by atoms with Crippen molar-refractivity contribution in [3.63, 3.8) is 0 Å². The number of esters is 1. The van der Waals surface area contributed by atoms with E-state index in [1.165, 1.54) is 0 Å². The predicted molar refractivity (Wildman–Crippen MR) is 64.3 cm³/mol. The van der Waals surface area contributed by atoms with E-state index >= 15 is 0 Å². The minimum Gasteiger partial charge on any atom is -0.493 e. The first-order valence-electron chi connectivity index (χ1n) is 5.62. The van der Waals surface area contributed by atoms with Crippen molar-refractivity contribution < 1.29 is 19.0 Å². The first-order chi connectivity index (χ1) is 8.17. The van der Waals surface area contributed by atoms with Crippen molar-refractivity contribution in [2.24, 2.45) is 0 Å². The van der Waals surface area contributed by atoms with Crippen molar-refractivity contribution in [3.8, 4) is 11.5 Å². The maximum atomic E-state index is 11.3. The molecule has 0 N–H and O–H groups in total. The van der Waals surface area contributed by atoms with Gasteiger partial charge < -0.3 is 14.2 Å². The van der Waals surface area contributed by atoms with E-state index in [0.717, 1.165) is 0 Å². The Kier molecular flexibility index (Phi) is 5.33. The smallest absolute Gasteiger partial charge is 0.309 e. The highest BCUT2D eigenvalue weighted by Gasteiger charge is 2.13. The van der Waals surface area contributed by atoms with Gasteiger partial charge in [0.25, 0.3) is 0 Å². The van der Waals surface area contributed by atoms with Gasteiger partial charge in [0.2, 0.25) is 0 Å². The molecule has 0 fully saturated rings. The summed E-state index contributed by atoms with van der Waals surface area (Å²) in [4.78, 5) is 11.3. The fraction of sp³-hybridized carbons (Fsp3) is 0.462. The normalized spacial score (nSPS) is 11.7. The second-order valence-electron chi connectivity index (χ2n) is 3.59. The SMILES string of the molecule is CCOC(=O)CC(C)Oc1ccccc1OC. The molecule has 0 aliphatic heterocycles. The van der Waals surface area contributed by atoms with Gasteiger partial charge in [-0.25, -0.2) is 0 Å². The Bertz CT molecular complexity index is 362. The summed E-state index contributed by atoms with van der Waals surface area (Å²) in [5.41, 5.74) is 0. The molecule has 0 spiro atoms. The molecule has 1 rings (SSSR count). The molecule has 1 unspecified atom stereocenters. The summed E-state index contributed by atoms with van der Waals surface area (Å²) in [7, 11) is 1.58. The van der Waals surface area contributed by atoms with Crippen LogP contribution in [0.25, 0.3) is 0 Å². The van der Waals surface area contributed by atoms with E-state index in [0.29, 0.717) is 18.1 Å². The highest BCUT2D eigenvalue weighted by Crippen LogP contribution is 2.27. The summed E-state index contributed by atoms with van der Waals surface area (Å²) in [6.07, 6.45) is -0.0170. The Hall–Kier alpha value is -1.71. The zero-order valence-electron chi connectivity index (χ0n) is 10.4. The van der Waals surface area contributed by atoms with E-state index in [1.807, 2.05) is 25.1 Å². The molecule has 0 aliphatic carbocycles. The van der Waals surface area contributed by atoms with Crippen molar-refractivity contribution in [3.05, 3.63) is 24.3 Å². The summed E-state index contributed by atoms with van der Waals surface area (Å²) in [6, 6.07) is 7.34. The molecule has 1 aromatic carbocycles. The largest absolute Gasteiger partial charge is 0.493 e. The molecule has 0 amide bonds. The van der Waals surface area contributed by atoms with Crippen LogP contribution in [-0.4, -0.2) is 25.8 Å². The second kappa shape index (κ2) is 6.78. The van der Waals surface area contributed by atoms with Crippen LogP contribution in [0.2, 0.25) is 0 Å². The van der Waals surface area contributed by atoms with Crippen molar-refractivity contribution in [1.29, 1.82) is 0 Å². The fourth-order valence-electron chi connectivity index (χ4n) is 1.43. The van der Waals surface area contributed by atoms with Gasteiger partial charge in [0.1, 0.15) is 6.10 Å². The van der Waals surface area contributed by atoms with Gasteiger partial charge in [-0.3, -0.25) is 4.79 Å². The Balaban J connectivity index is 2.55. The number of methoxy groups -OCH3 is 1. The summed E-state index contributed by atoms with van der Waals surface area (Å²) in [6.45, 7) is 3.99. The molecule has 17 heavy (non-hydrogen) atoms. The van der Waals surface area contributed by atoms with Gasteiger partial charge in [-0.05, 0) is 26.0 Å². The number of carbonyl (C=O) groups excluding carboxylic acids is 1. The van der Waals surface area contributed by atoms with Gasteiger partial charge >= 0.3 is 5.97 Å². The fourth-order valence-corrected chi connectivity index (χ4v) is 1.43. The molecule has 0 aromatic heterocycles. The van der Waals surface area contributed by atoms with Crippen LogP contribution in [0.1, 0.15) is 20.3 Å². The van der Waals surface area contributed by atoms with E-state index in [-0.39, 0.29) is 18.5 Å². The lowest BCUT2D eigenvalue weighted by atomic mass is 10.2. The third-order valence-electron chi connectivity index (χ3n) is 2.16. The molecule has 0 saturated heterocycles. The van der Waals surface area contributed by atoms with Crippen LogP contribution in [0.15, 0.2) is 24.3 Å². The van der Waals surface area contributed by atoms with Crippen LogP contribution in [-0.2, 0) is 9.53 Å². The maximum absolute atomic E-state index is 11.3. The lowest BCUT2D eigenvalue weighted by Crippen LogP contribution is -2.19. The Morgan fingerprint density at radius 1 is 1.29 bits per heavy atom. The number of hydrogen-bond acceptors (Lipinski definition) is 4. The van der Waals surface area contributed by atoms with Gasteiger partial charge in [0.05, 0.1) is 20.1 Å². The van der Waals surface area contributed by atoms with Crippen LogP contribution in [0, 0.1) is 0 Å². The van der Waals surface area contributed by atoms with Gasteiger partial charge in [0, 0.05) is 0 Å². The summed E-state index contributed by atoms with van der Waals surface area (Å²) >= 11 is 0. The summed E-state index contributed by atoms with van der Waals surface area (Å²) < 4.78 is 15.6. The molecular formula is C13H18O4. The van der Waals surface area contributed by atoms with E-state index in [1.54, 1.807) is 20.1 Å². The van der Waals surface area contributed by atoms with Crippen molar-refractivity contribution >= 4 is 5.97 Å². The zero-order valence-corrected chi connectivity index (χ0v) is 10.4. The highest BCUT2D eigenvalue weighted by atomic mass is 16.5. The summed E-state index contributed by atoms with van der Waals surface area (Å²) in [5, 5.41) is 0. The molecule has 94 valence electrons. The van der Waals surface area contributed by atoms with Gasteiger partial charge in [-0.2, -0.15) is 0 Å². The third kappa shape index (κ3) is 4.34. The highest BCUT2D eigenvalue weighted by molar-refractivity contribution is 5.69. The van der Waals surface area contributed by atoms with Gasteiger partial charge in [-0.15, -0.1) is 0 Å². The minimum absolute atomic E-state index is 0.228. The standard InChI is InChI=1S/C13H18O4/c1-4-16-13(14)9-10(2)17-12-8-6-5-7-11(12)15-3/h5-8,10H,4,9H2,1-3H3. The Morgan fingerprint density at radius 3 is 2.53 bits per heavy atom. The molecule has 1 atom stereocenters. The number of carbonyl (C=O) groups is 1. The molecule has 4 nitrogen and oxygen atoms in total. The minimum atomic E-state index is -0.255. The van der Waals surface area contributed by atoms with Crippen molar-refractivity contribution in [1.82, 2.24) is 0 Å². The number of benzene rings is 1. The van der Waals surface area contributed by atoms with Crippen LogP contribution in [0.5, 0.6) is 11.5 Å². The quantitative estimate of drug-likeness (QED) is 0.714. The van der Waals surface area contributed by atoms with Crippen LogP contribution in [0.3, 0.4) is 0 Å². The molecule has 0 radical (unpaired) electrons. The number of hydrogen-bond donors (Lipinski definition) is 0. The van der Waals surface area contributed by atoms with Crippen molar-refractivity contribution in [2.45, 2.75) is 26.4 Å². The molecule has 0 aliphatic rings.